The maximum absolute atomic E-state index is 12.3. The SMILES string of the molecule is O=C(O)/C=C/c1ccc(O)c(C(F)(F)F)c1. The molecule has 16 heavy (non-hydrogen) atoms. The average molecular weight is 232 g/mol. The van der Waals surface area contributed by atoms with Crippen LogP contribution in [-0.4, -0.2) is 16.2 Å². The Morgan fingerprint density at radius 1 is 1.31 bits per heavy atom. The molecule has 1 rings (SSSR count). The zero-order valence-corrected chi connectivity index (χ0v) is 7.82. The van der Waals surface area contributed by atoms with Gasteiger partial charge < -0.3 is 10.2 Å². The molecule has 0 aromatic heterocycles. The normalized spacial score (nSPS) is 11.9. The number of carboxylic acids is 1. The lowest BCUT2D eigenvalue weighted by molar-refractivity contribution is -0.138. The molecule has 86 valence electrons. The van der Waals surface area contributed by atoms with Gasteiger partial charge in [0.15, 0.2) is 0 Å². The summed E-state index contributed by atoms with van der Waals surface area (Å²) >= 11 is 0. The first-order valence-electron chi connectivity index (χ1n) is 4.12. The van der Waals surface area contributed by atoms with E-state index in [1.165, 1.54) is 6.07 Å². The fourth-order valence-corrected chi connectivity index (χ4v) is 1.05. The third-order valence-corrected chi connectivity index (χ3v) is 1.74. The number of benzene rings is 1. The number of halogens is 3. The molecular formula is C10H7F3O3. The molecule has 6 heteroatoms. The lowest BCUT2D eigenvalue weighted by Gasteiger charge is -2.09. The Labute approximate surface area is 88.4 Å². The number of phenols is 1. The van der Waals surface area contributed by atoms with E-state index in [1.54, 1.807) is 0 Å². The Balaban J connectivity index is 3.13. The van der Waals surface area contributed by atoms with Crippen LogP contribution < -0.4 is 0 Å². The standard InChI is InChI=1S/C10H7F3O3/c11-10(12,13)7-5-6(1-3-8(7)14)2-4-9(15)16/h1-5,14H,(H,15,16)/b4-2+. The summed E-state index contributed by atoms with van der Waals surface area (Å²) < 4.78 is 37.0. The second-order valence-corrected chi connectivity index (χ2v) is 2.95. The predicted molar refractivity (Wildman–Crippen MR) is 49.8 cm³/mol. The van der Waals surface area contributed by atoms with Gasteiger partial charge in [0.2, 0.25) is 0 Å². The van der Waals surface area contributed by atoms with E-state index >= 15 is 0 Å². The molecule has 0 saturated heterocycles. The summed E-state index contributed by atoms with van der Waals surface area (Å²) in [5.74, 6) is -2.15. The smallest absolute Gasteiger partial charge is 0.419 e. The molecule has 2 N–H and O–H groups in total. The van der Waals surface area contributed by atoms with Crippen LogP contribution in [0.25, 0.3) is 6.08 Å². The van der Waals surface area contributed by atoms with Crippen LogP contribution >= 0.6 is 0 Å². The van der Waals surface area contributed by atoms with Crippen LogP contribution in [0.4, 0.5) is 13.2 Å². The van der Waals surface area contributed by atoms with Crippen LogP contribution in [0.3, 0.4) is 0 Å². The number of aliphatic carboxylic acids is 1. The highest BCUT2D eigenvalue weighted by molar-refractivity contribution is 5.85. The van der Waals surface area contributed by atoms with Crippen LogP contribution in [0.15, 0.2) is 24.3 Å². The number of phenolic OH excluding ortho intramolecular Hbond substituents is 1. The zero-order valence-electron chi connectivity index (χ0n) is 7.82. The maximum Gasteiger partial charge on any atom is 0.419 e. The number of rotatable bonds is 2. The van der Waals surface area contributed by atoms with Crippen molar-refractivity contribution in [2.24, 2.45) is 0 Å². The van der Waals surface area contributed by atoms with E-state index in [0.717, 1.165) is 12.1 Å². The molecule has 0 fully saturated rings. The second kappa shape index (κ2) is 4.26. The molecular weight excluding hydrogens is 225 g/mol. The minimum Gasteiger partial charge on any atom is -0.507 e. The quantitative estimate of drug-likeness (QED) is 0.770. The molecule has 0 aliphatic heterocycles. The molecule has 0 heterocycles. The van der Waals surface area contributed by atoms with Gasteiger partial charge in [0.25, 0.3) is 0 Å². The molecule has 3 nitrogen and oxygen atoms in total. The Morgan fingerprint density at radius 2 is 1.94 bits per heavy atom. The highest BCUT2D eigenvalue weighted by Gasteiger charge is 2.33. The van der Waals surface area contributed by atoms with Crippen molar-refractivity contribution in [3.05, 3.63) is 35.4 Å². The number of carboxylic acid groups (broad SMARTS) is 1. The number of aromatic hydroxyl groups is 1. The molecule has 0 atom stereocenters. The van der Waals surface area contributed by atoms with Crippen LogP contribution in [-0.2, 0) is 11.0 Å². The summed E-state index contributed by atoms with van der Waals surface area (Å²) in [5, 5.41) is 17.3. The third kappa shape index (κ3) is 3.01. The van der Waals surface area contributed by atoms with Crippen molar-refractivity contribution >= 4 is 12.0 Å². The summed E-state index contributed by atoms with van der Waals surface area (Å²) in [5.41, 5.74) is -1.15. The summed E-state index contributed by atoms with van der Waals surface area (Å²) in [4.78, 5) is 10.2. The highest BCUT2D eigenvalue weighted by Crippen LogP contribution is 2.36. The fourth-order valence-electron chi connectivity index (χ4n) is 1.05. The molecule has 0 aliphatic carbocycles. The van der Waals surface area contributed by atoms with Crippen LogP contribution in [0.2, 0.25) is 0 Å². The third-order valence-electron chi connectivity index (χ3n) is 1.74. The summed E-state index contributed by atoms with van der Waals surface area (Å²) in [7, 11) is 0. The van der Waals surface area contributed by atoms with Crippen molar-refractivity contribution in [2.75, 3.05) is 0 Å². The highest BCUT2D eigenvalue weighted by atomic mass is 19.4. The van der Waals surface area contributed by atoms with E-state index in [4.69, 9.17) is 10.2 Å². The van der Waals surface area contributed by atoms with Gasteiger partial charge in [-0.25, -0.2) is 4.79 Å². The van der Waals surface area contributed by atoms with Crippen molar-refractivity contribution in [3.63, 3.8) is 0 Å². The van der Waals surface area contributed by atoms with Crippen molar-refractivity contribution in [1.29, 1.82) is 0 Å². The van der Waals surface area contributed by atoms with E-state index in [-0.39, 0.29) is 5.56 Å². The molecule has 0 aliphatic rings. The first-order chi connectivity index (χ1) is 7.30. The second-order valence-electron chi connectivity index (χ2n) is 2.95. The summed E-state index contributed by atoms with van der Waals surface area (Å²) in [6, 6.07) is 2.73. The largest absolute Gasteiger partial charge is 0.507 e. The molecule has 0 unspecified atom stereocenters. The van der Waals surface area contributed by atoms with E-state index in [2.05, 4.69) is 0 Å². The first kappa shape index (κ1) is 12.1. The summed E-state index contributed by atoms with van der Waals surface area (Å²) in [6.45, 7) is 0. The molecule has 0 saturated carbocycles. The topological polar surface area (TPSA) is 57.5 Å². The van der Waals surface area contributed by atoms with E-state index in [1.807, 2.05) is 0 Å². The van der Waals surface area contributed by atoms with Gasteiger partial charge in [-0.15, -0.1) is 0 Å². The molecule has 0 radical (unpaired) electrons. The number of hydrogen-bond acceptors (Lipinski definition) is 2. The molecule has 1 aromatic carbocycles. The number of carbonyl (C=O) groups is 1. The minimum atomic E-state index is -4.67. The molecule has 0 bridgehead atoms. The minimum absolute atomic E-state index is 0.0486. The lowest BCUT2D eigenvalue weighted by atomic mass is 10.1. The maximum atomic E-state index is 12.3. The Hall–Kier alpha value is -1.98. The van der Waals surface area contributed by atoms with Gasteiger partial charge in [0.1, 0.15) is 5.75 Å². The van der Waals surface area contributed by atoms with Crippen molar-refractivity contribution in [2.45, 2.75) is 6.18 Å². The monoisotopic (exact) mass is 232 g/mol. The lowest BCUT2D eigenvalue weighted by Crippen LogP contribution is -2.05. The van der Waals surface area contributed by atoms with Gasteiger partial charge in [-0.05, 0) is 23.8 Å². The summed E-state index contributed by atoms with van der Waals surface area (Å²) in [6.07, 6.45) is -2.94. The average Bonchev–Trinajstić information content (AvgIpc) is 2.14. The van der Waals surface area contributed by atoms with Crippen LogP contribution in [0.5, 0.6) is 5.75 Å². The Morgan fingerprint density at radius 3 is 2.44 bits per heavy atom. The number of hydrogen-bond donors (Lipinski definition) is 2. The van der Waals surface area contributed by atoms with Gasteiger partial charge >= 0.3 is 12.1 Å². The van der Waals surface area contributed by atoms with E-state index in [9.17, 15) is 18.0 Å². The Kier molecular flexibility index (Phi) is 3.22. The molecule has 0 amide bonds. The van der Waals surface area contributed by atoms with Crippen molar-refractivity contribution in [3.8, 4) is 5.75 Å². The van der Waals surface area contributed by atoms with Gasteiger partial charge in [-0.3, -0.25) is 0 Å². The molecule has 1 aromatic rings. The zero-order chi connectivity index (χ0) is 12.3. The van der Waals surface area contributed by atoms with E-state index in [0.29, 0.717) is 12.1 Å². The van der Waals surface area contributed by atoms with Gasteiger partial charge in [-0.2, -0.15) is 13.2 Å². The first-order valence-corrected chi connectivity index (χ1v) is 4.12. The van der Waals surface area contributed by atoms with Crippen LogP contribution in [0.1, 0.15) is 11.1 Å². The van der Waals surface area contributed by atoms with E-state index < -0.39 is 23.5 Å². The number of alkyl halides is 3. The predicted octanol–water partition coefficient (Wildman–Crippen LogP) is 2.51. The van der Waals surface area contributed by atoms with Crippen LogP contribution in [0, 0.1) is 0 Å². The Bertz CT molecular complexity index is 435. The van der Waals surface area contributed by atoms with Crippen molar-refractivity contribution < 1.29 is 28.2 Å². The van der Waals surface area contributed by atoms with Gasteiger partial charge in [-0.1, -0.05) is 6.07 Å². The van der Waals surface area contributed by atoms with Crippen molar-refractivity contribution in [1.82, 2.24) is 0 Å². The fraction of sp³-hybridized carbons (Fsp3) is 0.100. The van der Waals surface area contributed by atoms with Gasteiger partial charge in [0.05, 0.1) is 5.56 Å². The van der Waals surface area contributed by atoms with Gasteiger partial charge in [0, 0.05) is 6.08 Å². The molecule has 0 spiro atoms.